The number of hydrogen-bond donors (Lipinski definition) is 1. The number of halogens is 2. The first-order valence-corrected chi connectivity index (χ1v) is 9.58. The molecule has 0 aliphatic carbocycles. The summed E-state index contributed by atoms with van der Waals surface area (Å²) < 4.78 is 7.47. The summed E-state index contributed by atoms with van der Waals surface area (Å²) in [7, 11) is 3.23. The highest BCUT2D eigenvalue weighted by molar-refractivity contribution is 9.10. The quantitative estimate of drug-likeness (QED) is 0.580. The Morgan fingerprint density at radius 3 is 2.65 bits per heavy atom. The van der Waals surface area contributed by atoms with E-state index in [1.807, 2.05) is 29.6 Å². The molecule has 0 saturated carbocycles. The predicted octanol–water partition coefficient (Wildman–Crippen LogP) is 4.76. The molecule has 3 aromatic rings. The number of phenols is 1. The van der Waals surface area contributed by atoms with Gasteiger partial charge in [0, 0.05) is 23.0 Å². The fourth-order valence-electron chi connectivity index (χ4n) is 2.33. The minimum Gasteiger partial charge on any atom is -0.503 e. The number of benzene rings is 2. The van der Waals surface area contributed by atoms with Gasteiger partial charge in [-0.2, -0.15) is 5.10 Å². The first-order chi connectivity index (χ1) is 12.5. The molecule has 134 valence electrons. The number of aromatic nitrogens is 1. The molecule has 2 aromatic carbocycles. The van der Waals surface area contributed by atoms with E-state index >= 15 is 0 Å². The second kappa shape index (κ2) is 8.07. The second-order valence-electron chi connectivity index (χ2n) is 5.24. The van der Waals surface area contributed by atoms with E-state index in [1.165, 1.54) is 18.4 Å². The Labute approximate surface area is 168 Å². The van der Waals surface area contributed by atoms with Gasteiger partial charge in [0.15, 0.2) is 11.5 Å². The third-order valence-electron chi connectivity index (χ3n) is 3.61. The van der Waals surface area contributed by atoms with Crippen LogP contribution in [0.15, 0.2) is 56.3 Å². The lowest BCUT2D eigenvalue weighted by molar-refractivity contribution is 0.372. The Morgan fingerprint density at radius 2 is 2.00 bits per heavy atom. The molecule has 0 fully saturated rings. The van der Waals surface area contributed by atoms with Crippen molar-refractivity contribution in [1.82, 2.24) is 4.68 Å². The molecule has 8 heteroatoms. The molecule has 3 rings (SSSR count). The van der Waals surface area contributed by atoms with Crippen molar-refractivity contribution < 1.29 is 9.84 Å². The topological polar surface area (TPSA) is 59.1 Å². The lowest BCUT2D eigenvalue weighted by Gasteiger charge is -2.07. The lowest BCUT2D eigenvalue weighted by Crippen LogP contribution is -2.11. The van der Waals surface area contributed by atoms with Crippen molar-refractivity contribution in [2.24, 2.45) is 10.1 Å². The largest absolute Gasteiger partial charge is 0.503 e. The molecular formula is C18H15BrClN3O2S. The average Bonchev–Trinajstić information content (AvgIpc) is 3.06. The molecule has 0 atom stereocenters. The fraction of sp³-hybridized carbons (Fsp3) is 0.111. The van der Waals surface area contributed by atoms with Crippen LogP contribution in [0.25, 0.3) is 11.3 Å². The molecular weight excluding hydrogens is 438 g/mol. The van der Waals surface area contributed by atoms with Gasteiger partial charge >= 0.3 is 0 Å². The molecule has 0 aliphatic rings. The highest BCUT2D eigenvalue weighted by Gasteiger charge is 2.09. The number of rotatable bonds is 4. The van der Waals surface area contributed by atoms with E-state index in [0.717, 1.165) is 21.6 Å². The average molecular weight is 453 g/mol. The van der Waals surface area contributed by atoms with E-state index in [4.69, 9.17) is 16.3 Å². The summed E-state index contributed by atoms with van der Waals surface area (Å²) in [6, 6.07) is 11.0. The van der Waals surface area contributed by atoms with Crippen LogP contribution >= 0.6 is 38.9 Å². The van der Waals surface area contributed by atoms with Gasteiger partial charge < -0.3 is 9.84 Å². The minimum absolute atomic E-state index is 0.0546. The van der Waals surface area contributed by atoms with Crippen LogP contribution in [0.5, 0.6) is 11.5 Å². The maximum atomic E-state index is 9.93. The smallest absolute Gasteiger partial charge is 0.205 e. The van der Waals surface area contributed by atoms with Gasteiger partial charge in [0.1, 0.15) is 0 Å². The summed E-state index contributed by atoms with van der Waals surface area (Å²) in [5.74, 6) is 0.424. The van der Waals surface area contributed by atoms with E-state index in [2.05, 4.69) is 26.0 Å². The van der Waals surface area contributed by atoms with Crippen LogP contribution in [0.2, 0.25) is 5.02 Å². The van der Waals surface area contributed by atoms with Gasteiger partial charge in [-0.1, -0.05) is 23.7 Å². The van der Waals surface area contributed by atoms with Crippen LogP contribution < -0.4 is 9.54 Å². The van der Waals surface area contributed by atoms with Gasteiger partial charge in [-0.15, -0.1) is 11.3 Å². The number of hydrogen-bond acceptors (Lipinski definition) is 5. The number of phenolic OH excluding ortho intramolecular Hbond substituents is 1. The molecule has 0 radical (unpaired) electrons. The number of nitrogens with zero attached hydrogens (tertiary/aromatic N) is 3. The van der Waals surface area contributed by atoms with Crippen LogP contribution in [0.1, 0.15) is 5.56 Å². The van der Waals surface area contributed by atoms with Crippen molar-refractivity contribution in [3.8, 4) is 22.8 Å². The van der Waals surface area contributed by atoms with Crippen molar-refractivity contribution in [3.63, 3.8) is 0 Å². The molecule has 1 N–H and O–H groups in total. The highest BCUT2D eigenvalue weighted by atomic mass is 79.9. The summed E-state index contributed by atoms with van der Waals surface area (Å²) in [5.41, 5.74) is 2.67. The van der Waals surface area contributed by atoms with Crippen molar-refractivity contribution in [3.05, 3.63) is 61.6 Å². The molecule has 0 aliphatic heterocycles. The molecule has 0 spiro atoms. The molecule has 0 unspecified atom stereocenters. The van der Waals surface area contributed by atoms with Gasteiger partial charge in [0.25, 0.3) is 0 Å². The van der Waals surface area contributed by atoms with Crippen molar-refractivity contribution in [1.29, 1.82) is 0 Å². The lowest BCUT2D eigenvalue weighted by atomic mass is 10.2. The van der Waals surface area contributed by atoms with E-state index < -0.39 is 0 Å². The molecule has 1 heterocycles. The molecule has 0 saturated heterocycles. The normalized spacial score (nSPS) is 12.1. The Morgan fingerprint density at radius 1 is 1.27 bits per heavy atom. The molecule has 5 nitrogen and oxygen atoms in total. The zero-order valence-electron chi connectivity index (χ0n) is 14.0. The van der Waals surface area contributed by atoms with Crippen molar-refractivity contribution in [2.75, 3.05) is 14.2 Å². The highest BCUT2D eigenvalue weighted by Crippen LogP contribution is 2.34. The molecule has 1 aromatic heterocycles. The van der Waals surface area contributed by atoms with E-state index in [1.54, 1.807) is 30.1 Å². The zero-order valence-corrected chi connectivity index (χ0v) is 17.1. The van der Waals surface area contributed by atoms with Crippen LogP contribution in [0.3, 0.4) is 0 Å². The second-order valence-corrected chi connectivity index (χ2v) is 7.37. The number of thiazole rings is 1. The standard InChI is InChI=1S/C18H15BrClN3O2S/c1-21-18-23(15(10-26-18)12-3-5-13(20)6-4-12)22-9-11-7-14(19)17(24)16(8-11)25-2/h3-10,24H,1-2H3. The molecule has 0 amide bonds. The number of aromatic hydroxyl groups is 1. The Balaban J connectivity index is 2.05. The predicted molar refractivity (Wildman–Crippen MR) is 110 cm³/mol. The summed E-state index contributed by atoms with van der Waals surface area (Å²) in [6.07, 6.45) is 1.69. The Kier molecular flexibility index (Phi) is 5.80. The Bertz CT molecular complexity index is 1030. The molecule has 26 heavy (non-hydrogen) atoms. The summed E-state index contributed by atoms with van der Waals surface area (Å²) in [4.78, 5) is 5.04. The number of methoxy groups -OCH3 is 1. The van der Waals surface area contributed by atoms with Gasteiger partial charge in [-0.3, -0.25) is 4.99 Å². The third-order valence-corrected chi connectivity index (χ3v) is 5.37. The van der Waals surface area contributed by atoms with Crippen LogP contribution in [0, 0.1) is 0 Å². The van der Waals surface area contributed by atoms with E-state index in [9.17, 15) is 5.11 Å². The van der Waals surface area contributed by atoms with E-state index in [-0.39, 0.29) is 5.75 Å². The van der Waals surface area contributed by atoms with E-state index in [0.29, 0.717) is 15.2 Å². The minimum atomic E-state index is 0.0546. The number of ether oxygens (including phenoxy) is 1. The summed E-state index contributed by atoms with van der Waals surface area (Å²) >= 11 is 10.8. The summed E-state index contributed by atoms with van der Waals surface area (Å²) in [5, 5.41) is 17.2. The van der Waals surface area contributed by atoms with Crippen molar-refractivity contribution >= 4 is 45.1 Å². The third kappa shape index (κ3) is 3.85. The first-order valence-electron chi connectivity index (χ1n) is 7.53. The first kappa shape index (κ1) is 18.7. The van der Waals surface area contributed by atoms with Gasteiger partial charge in [-0.05, 0) is 45.8 Å². The van der Waals surface area contributed by atoms with Crippen molar-refractivity contribution in [2.45, 2.75) is 0 Å². The van der Waals surface area contributed by atoms with Crippen LogP contribution in [-0.4, -0.2) is 30.2 Å². The van der Waals surface area contributed by atoms with Gasteiger partial charge in [0.2, 0.25) is 4.80 Å². The molecule has 0 bridgehead atoms. The maximum Gasteiger partial charge on any atom is 0.205 e. The van der Waals surface area contributed by atoms with Crippen LogP contribution in [0.4, 0.5) is 0 Å². The maximum absolute atomic E-state index is 9.93. The van der Waals surface area contributed by atoms with Gasteiger partial charge in [0.05, 0.1) is 23.5 Å². The fourth-order valence-corrected chi connectivity index (χ4v) is 3.72. The summed E-state index contributed by atoms with van der Waals surface area (Å²) in [6.45, 7) is 0. The zero-order chi connectivity index (χ0) is 18.7. The monoisotopic (exact) mass is 451 g/mol. The van der Waals surface area contributed by atoms with Gasteiger partial charge in [-0.25, -0.2) is 4.68 Å². The Hall–Kier alpha value is -2.09. The SMILES string of the molecule is CN=c1scc(-c2ccc(Cl)cc2)n1N=Cc1cc(Br)c(O)c(OC)c1. The van der Waals surface area contributed by atoms with Crippen LogP contribution in [-0.2, 0) is 0 Å².